The van der Waals surface area contributed by atoms with E-state index in [1.165, 1.54) is 23.1 Å². The standard InChI is InChI=1S/C21H17FN2O5/c22-17-6-5-12(10-18-14-3-1-2-4-15(14)20(26)29-18)9-16(17)19(25)24-8-7-13(11-24)23-21(27)28/h1-6,9-10,13,23H,7-8,11H2,(H,27,28)/b18-10-. The van der Waals surface area contributed by atoms with Gasteiger partial charge in [-0.15, -0.1) is 0 Å². The van der Waals surface area contributed by atoms with Crippen molar-refractivity contribution in [2.24, 2.45) is 0 Å². The Morgan fingerprint density at radius 3 is 2.72 bits per heavy atom. The number of nitrogens with zero attached hydrogens (tertiary/aromatic N) is 1. The SMILES string of the molecule is O=C(O)NC1CCN(C(=O)c2cc(/C=C3\OC(=O)c4ccccc43)ccc2F)C1. The van der Waals surface area contributed by atoms with Crippen LogP contribution in [0.15, 0.2) is 42.5 Å². The molecule has 7 nitrogen and oxygen atoms in total. The van der Waals surface area contributed by atoms with Crippen LogP contribution in [-0.4, -0.2) is 47.1 Å². The van der Waals surface area contributed by atoms with Crippen molar-refractivity contribution in [3.8, 4) is 0 Å². The number of hydrogen-bond donors (Lipinski definition) is 2. The number of ether oxygens (including phenoxy) is 1. The number of rotatable bonds is 3. The van der Waals surface area contributed by atoms with Gasteiger partial charge in [-0.05, 0) is 36.3 Å². The summed E-state index contributed by atoms with van der Waals surface area (Å²) in [7, 11) is 0. The molecule has 1 atom stereocenters. The third-order valence-corrected chi connectivity index (χ3v) is 4.94. The smallest absolute Gasteiger partial charge is 0.404 e. The van der Waals surface area contributed by atoms with Gasteiger partial charge in [-0.25, -0.2) is 14.0 Å². The monoisotopic (exact) mass is 396 g/mol. The van der Waals surface area contributed by atoms with Crippen LogP contribution in [0.4, 0.5) is 9.18 Å². The summed E-state index contributed by atoms with van der Waals surface area (Å²) in [5, 5.41) is 11.1. The molecule has 148 valence electrons. The van der Waals surface area contributed by atoms with Gasteiger partial charge in [0.25, 0.3) is 5.91 Å². The molecule has 0 radical (unpaired) electrons. The number of carbonyl (C=O) groups excluding carboxylic acids is 2. The Balaban J connectivity index is 1.58. The minimum Gasteiger partial charge on any atom is -0.465 e. The number of halogens is 1. The maximum absolute atomic E-state index is 14.3. The number of benzene rings is 2. The number of hydrogen-bond acceptors (Lipinski definition) is 4. The summed E-state index contributed by atoms with van der Waals surface area (Å²) < 4.78 is 19.6. The molecule has 2 N–H and O–H groups in total. The second kappa shape index (κ2) is 7.38. The Morgan fingerprint density at radius 1 is 1.21 bits per heavy atom. The number of esters is 1. The minimum absolute atomic E-state index is 0.118. The first kappa shape index (κ1) is 18.7. The summed E-state index contributed by atoms with van der Waals surface area (Å²) >= 11 is 0. The van der Waals surface area contributed by atoms with Gasteiger partial charge >= 0.3 is 12.1 Å². The normalized spacial score (nSPS) is 19.2. The number of likely N-dealkylation sites (tertiary alicyclic amines) is 1. The highest BCUT2D eigenvalue weighted by molar-refractivity contribution is 6.05. The molecule has 2 heterocycles. The zero-order chi connectivity index (χ0) is 20.5. The summed E-state index contributed by atoms with van der Waals surface area (Å²) in [6.45, 7) is 0.514. The van der Waals surface area contributed by atoms with E-state index in [2.05, 4.69) is 5.32 Å². The molecule has 0 saturated carbocycles. The number of amides is 2. The number of fused-ring (bicyclic) bond motifs is 1. The van der Waals surface area contributed by atoms with E-state index in [0.29, 0.717) is 35.4 Å². The van der Waals surface area contributed by atoms with Crippen LogP contribution < -0.4 is 5.32 Å². The molecule has 2 aliphatic heterocycles. The predicted octanol–water partition coefficient (Wildman–Crippen LogP) is 2.98. The van der Waals surface area contributed by atoms with E-state index < -0.39 is 23.8 Å². The number of carbonyl (C=O) groups is 3. The van der Waals surface area contributed by atoms with E-state index >= 15 is 0 Å². The molecular formula is C21H17FN2O5. The molecule has 1 fully saturated rings. The van der Waals surface area contributed by atoms with Gasteiger partial charge in [0.05, 0.1) is 17.2 Å². The number of nitrogens with one attached hydrogen (secondary N) is 1. The molecule has 29 heavy (non-hydrogen) atoms. The molecule has 0 aliphatic carbocycles. The summed E-state index contributed by atoms with van der Waals surface area (Å²) in [6, 6.07) is 10.6. The van der Waals surface area contributed by atoms with Crippen LogP contribution in [0.1, 0.15) is 38.3 Å². The number of cyclic esters (lactones) is 1. The molecule has 1 unspecified atom stereocenters. The highest BCUT2D eigenvalue weighted by Crippen LogP contribution is 2.31. The Kier molecular flexibility index (Phi) is 4.75. The average molecular weight is 396 g/mol. The van der Waals surface area contributed by atoms with Crippen molar-refractivity contribution in [2.45, 2.75) is 12.5 Å². The van der Waals surface area contributed by atoms with E-state index in [1.54, 1.807) is 30.3 Å². The molecule has 4 rings (SSSR count). The van der Waals surface area contributed by atoms with Gasteiger partial charge in [0.1, 0.15) is 11.6 Å². The van der Waals surface area contributed by atoms with Crippen molar-refractivity contribution in [3.63, 3.8) is 0 Å². The molecule has 1 saturated heterocycles. The third-order valence-electron chi connectivity index (χ3n) is 4.94. The van der Waals surface area contributed by atoms with Gasteiger partial charge in [-0.3, -0.25) is 4.79 Å². The molecule has 0 spiro atoms. The van der Waals surface area contributed by atoms with Gasteiger partial charge in [0.15, 0.2) is 0 Å². The van der Waals surface area contributed by atoms with E-state index in [0.717, 1.165) is 0 Å². The highest BCUT2D eigenvalue weighted by atomic mass is 19.1. The minimum atomic E-state index is -1.16. The lowest BCUT2D eigenvalue weighted by Crippen LogP contribution is -2.37. The molecule has 2 amide bonds. The molecule has 0 aromatic heterocycles. The van der Waals surface area contributed by atoms with Crippen molar-refractivity contribution >= 4 is 29.8 Å². The first-order valence-electron chi connectivity index (χ1n) is 9.04. The maximum atomic E-state index is 14.3. The first-order valence-corrected chi connectivity index (χ1v) is 9.04. The average Bonchev–Trinajstić information content (AvgIpc) is 3.27. The Morgan fingerprint density at radius 2 is 1.97 bits per heavy atom. The van der Waals surface area contributed by atoms with Gasteiger partial charge in [-0.2, -0.15) is 0 Å². The number of carboxylic acid groups (broad SMARTS) is 1. The van der Waals surface area contributed by atoms with E-state index in [-0.39, 0.29) is 18.2 Å². The summed E-state index contributed by atoms with van der Waals surface area (Å²) in [5.74, 6) is -1.31. The fourth-order valence-electron chi connectivity index (χ4n) is 3.55. The van der Waals surface area contributed by atoms with Crippen LogP contribution in [0.2, 0.25) is 0 Å². The van der Waals surface area contributed by atoms with E-state index in [4.69, 9.17) is 9.84 Å². The second-order valence-electron chi connectivity index (χ2n) is 6.87. The van der Waals surface area contributed by atoms with Crippen LogP contribution in [-0.2, 0) is 4.74 Å². The molecule has 2 aromatic rings. The Bertz CT molecular complexity index is 1050. The van der Waals surface area contributed by atoms with Crippen molar-refractivity contribution in [3.05, 3.63) is 70.5 Å². The van der Waals surface area contributed by atoms with E-state index in [9.17, 15) is 18.8 Å². The Hall–Kier alpha value is -3.68. The topological polar surface area (TPSA) is 95.9 Å². The molecular weight excluding hydrogens is 379 g/mol. The molecule has 2 aliphatic rings. The van der Waals surface area contributed by atoms with Crippen molar-refractivity contribution in [2.75, 3.05) is 13.1 Å². The second-order valence-corrected chi connectivity index (χ2v) is 6.87. The lowest BCUT2D eigenvalue weighted by Gasteiger charge is -2.17. The van der Waals surface area contributed by atoms with E-state index in [1.807, 2.05) is 0 Å². The predicted molar refractivity (Wildman–Crippen MR) is 102 cm³/mol. The zero-order valence-corrected chi connectivity index (χ0v) is 15.2. The van der Waals surface area contributed by atoms with Crippen molar-refractivity contribution in [1.29, 1.82) is 0 Å². The quantitative estimate of drug-likeness (QED) is 0.778. The third kappa shape index (κ3) is 3.69. The van der Waals surface area contributed by atoms with Crippen molar-refractivity contribution in [1.82, 2.24) is 10.2 Å². The van der Waals surface area contributed by atoms with Crippen molar-refractivity contribution < 1.29 is 28.6 Å². The van der Waals surface area contributed by atoms with Gasteiger partial charge in [0, 0.05) is 18.7 Å². The zero-order valence-electron chi connectivity index (χ0n) is 15.2. The fourth-order valence-corrected chi connectivity index (χ4v) is 3.55. The molecule has 2 aromatic carbocycles. The maximum Gasteiger partial charge on any atom is 0.404 e. The molecule has 0 bridgehead atoms. The van der Waals surface area contributed by atoms with Gasteiger partial charge < -0.3 is 20.1 Å². The largest absolute Gasteiger partial charge is 0.465 e. The van der Waals surface area contributed by atoms with Gasteiger partial charge in [0.2, 0.25) is 0 Å². The summed E-state index contributed by atoms with van der Waals surface area (Å²) in [5.41, 5.74) is 1.48. The Labute approximate surface area is 165 Å². The van der Waals surface area contributed by atoms with Crippen LogP contribution in [0.25, 0.3) is 11.8 Å². The van der Waals surface area contributed by atoms with Crippen LogP contribution in [0, 0.1) is 5.82 Å². The van der Waals surface area contributed by atoms with Crippen LogP contribution >= 0.6 is 0 Å². The first-order chi connectivity index (χ1) is 13.9. The van der Waals surface area contributed by atoms with Crippen LogP contribution in [0.3, 0.4) is 0 Å². The lowest BCUT2D eigenvalue weighted by atomic mass is 10.0. The van der Waals surface area contributed by atoms with Crippen LogP contribution in [0.5, 0.6) is 0 Å². The van der Waals surface area contributed by atoms with Gasteiger partial charge in [-0.1, -0.05) is 24.3 Å². The lowest BCUT2D eigenvalue weighted by molar-refractivity contribution is 0.0716. The highest BCUT2D eigenvalue weighted by Gasteiger charge is 2.30. The summed E-state index contributed by atoms with van der Waals surface area (Å²) in [4.78, 5) is 36.9. The fraction of sp³-hybridized carbons (Fsp3) is 0.190. The molecule has 8 heteroatoms. The summed E-state index contributed by atoms with van der Waals surface area (Å²) in [6.07, 6.45) is 0.894.